The Bertz CT molecular complexity index is 843. The van der Waals surface area contributed by atoms with E-state index in [9.17, 15) is 4.79 Å². The summed E-state index contributed by atoms with van der Waals surface area (Å²) in [4.78, 5) is 11.2. The molecule has 114 valence electrons. The van der Waals surface area contributed by atoms with Gasteiger partial charge in [-0.15, -0.1) is 5.10 Å². The monoisotopic (exact) mass is 303 g/mol. The van der Waals surface area contributed by atoms with E-state index in [4.69, 9.17) is 0 Å². The molecule has 1 saturated carbocycles. The predicted octanol–water partition coefficient (Wildman–Crippen LogP) is 3.38. The van der Waals surface area contributed by atoms with Crippen LogP contribution in [0.1, 0.15) is 18.4 Å². The van der Waals surface area contributed by atoms with Crippen LogP contribution in [0.5, 0.6) is 0 Å². The van der Waals surface area contributed by atoms with Gasteiger partial charge in [-0.1, -0.05) is 53.7 Å². The lowest BCUT2D eigenvalue weighted by atomic mass is 9.95. The lowest BCUT2D eigenvalue weighted by Crippen LogP contribution is -2.07. The lowest BCUT2D eigenvalue weighted by molar-refractivity contribution is -0.109. The molecule has 1 aliphatic carbocycles. The van der Waals surface area contributed by atoms with Gasteiger partial charge < -0.3 is 4.79 Å². The third-order valence-corrected chi connectivity index (χ3v) is 4.59. The summed E-state index contributed by atoms with van der Waals surface area (Å²) in [6, 6.07) is 16.6. The van der Waals surface area contributed by atoms with E-state index in [0.717, 1.165) is 47.1 Å². The fourth-order valence-electron chi connectivity index (χ4n) is 2.92. The van der Waals surface area contributed by atoms with Crippen LogP contribution in [-0.2, 0) is 17.3 Å². The summed E-state index contributed by atoms with van der Waals surface area (Å²) in [7, 11) is 1.86. The fraction of sp³-hybridized carbons (Fsp3) is 0.211. The highest BCUT2D eigenvalue weighted by Gasteiger charge is 2.44. The number of aldehydes is 1. The maximum atomic E-state index is 11.2. The topological polar surface area (TPSA) is 47.8 Å². The van der Waals surface area contributed by atoms with Crippen molar-refractivity contribution in [2.75, 3.05) is 0 Å². The van der Waals surface area contributed by atoms with Gasteiger partial charge in [-0.2, -0.15) is 0 Å². The maximum Gasteiger partial charge on any atom is 0.130 e. The zero-order valence-corrected chi connectivity index (χ0v) is 12.9. The third kappa shape index (κ3) is 2.46. The number of aromatic nitrogens is 3. The van der Waals surface area contributed by atoms with Crippen molar-refractivity contribution < 1.29 is 4.79 Å². The van der Waals surface area contributed by atoms with Gasteiger partial charge in [0.1, 0.15) is 12.0 Å². The van der Waals surface area contributed by atoms with Crippen LogP contribution in [0.15, 0.2) is 54.7 Å². The average Bonchev–Trinajstić information content (AvgIpc) is 3.29. The summed E-state index contributed by atoms with van der Waals surface area (Å²) in [5, 5.41) is 8.08. The SMILES string of the molecule is Cn1cc(-c2ccc(-c3ccc(C4(C=O)CC4)cc3)cc2)nn1. The summed E-state index contributed by atoms with van der Waals surface area (Å²) >= 11 is 0. The highest BCUT2D eigenvalue weighted by Crippen LogP contribution is 2.46. The zero-order valence-electron chi connectivity index (χ0n) is 12.9. The van der Waals surface area contributed by atoms with Gasteiger partial charge in [0.05, 0.1) is 11.6 Å². The van der Waals surface area contributed by atoms with Crippen molar-refractivity contribution in [3.05, 3.63) is 60.3 Å². The van der Waals surface area contributed by atoms with Crippen molar-refractivity contribution in [1.29, 1.82) is 0 Å². The van der Waals surface area contributed by atoms with Crippen LogP contribution in [0, 0.1) is 0 Å². The number of rotatable bonds is 4. The fourth-order valence-corrected chi connectivity index (χ4v) is 2.92. The van der Waals surface area contributed by atoms with Gasteiger partial charge in [0.25, 0.3) is 0 Å². The second-order valence-electron chi connectivity index (χ2n) is 6.21. The maximum absolute atomic E-state index is 11.2. The molecule has 23 heavy (non-hydrogen) atoms. The molecule has 4 nitrogen and oxygen atoms in total. The number of hydrogen-bond donors (Lipinski definition) is 0. The van der Waals surface area contributed by atoms with Gasteiger partial charge in [-0.25, -0.2) is 0 Å². The molecule has 0 radical (unpaired) electrons. The van der Waals surface area contributed by atoms with E-state index in [-0.39, 0.29) is 5.41 Å². The van der Waals surface area contributed by atoms with E-state index in [2.05, 4.69) is 58.8 Å². The van der Waals surface area contributed by atoms with Gasteiger partial charge in [-0.05, 0) is 29.5 Å². The Balaban J connectivity index is 1.59. The Hall–Kier alpha value is -2.75. The molecular weight excluding hydrogens is 286 g/mol. The summed E-state index contributed by atoms with van der Waals surface area (Å²) in [6.45, 7) is 0. The van der Waals surface area contributed by atoms with E-state index in [0.29, 0.717) is 0 Å². The Morgan fingerprint density at radius 2 is 1.52 bits per heavy atom. The van der Waals surface area contributed by atoms with Crippen molar-refractivity contribution in [2.45, 2.75) is 18.3 Å². The van der Waals surface area contributed by atoms with Crippen molar-refractivity contribution in [3.63, 3.8) is 0 Å². The van der Waals surface area contributed by atoms with Crippen molar-refractivity contribution in [1.82, 2.24) is 15.0 Å². The molecule has 0 bridgehead atoms. The van der Waals surface area contributed by atoms with E-state index in [1.807, 2.05) is 13.2 Å². The van der Waals surface area contributed by atoms with Crippen LogP contribution in [0.3, 0.4) is 0 Å². The largest absolute Gasteiger partial charge is 0.302 e. The number of benzene rings is 2. The first kappa shape index (κ1) is 13.9. The zero-order chi connectivity index (χ0) is 15.9. The molecule has 0 saturated heterocycles. The molecule has 4 rings (SSSR count). The molecule has 1 fully saturated rings. The minimum atomic E-state index is -0.200. The van der Waals surface area contributed by atoms with Crippen molar-refractivity contribution in [2.24, 2.45) is 7.05 Å². The van der Waals surface area contributed by atoms with Crippen LogP contribution in [0.25, 0.3) is 22.4 Å². The van der Waals surface area contributed by atoms with Crippen molar-refractivity contribution >= 4 is 6.29 Å². The molecule has 0 unspecified atom stereocenters. The summed E-state index contributed by atoms with van der Waals surface area (Å²) in [5.74, 6) is 0. The van der Waals surface area contributed by atoms with Crippen LogP contribution < -0.4 is 0 Å². The molecule has 1 aliphatic rings. The summed E-state index contributed by atoms with van der Waals surface area (Å²) < 4.78 is 1.70. The van der Waals surface area contributed by atoms with Crippen LogP contribution in [-0.4, -0.2) is 21.3 Å². The molecule has 3 aromatic rings. The standard InChI is InChI=1S/C19H17N3O/c1-22-12-18(20-21-22)16-4-2-14(3-5-16)15-6-8-17(9-7-15)19(13-23)10-11-19/h2-9,12-13H,10-11H2,1H3. The Kier molecular flexibility index (Phi) is 3.11. The molecular formula is C19H17N3O. The average molecular weight is 303 g/mol. The first-order valence-corrected chi connectivity index (χ1v) is 7.74. The van der Waals surface area contributed by atoms with Crippen molar-refractivity contribution in [3.8, 4) is 22.4 Å². The molecule has 4 heteroatoms. The second-order valence-corrected chi connectivity index (χ2v) is 6.21. The third-order valence-electron chi connectivity index (χ3n) is 4.59. The second kappa shape index (κ2) is 5.16. The van der Waals surface area contributed by atoms with E-state index >= 15 is 0 Å². The molecule has 1 heterocycles. The van der Waals surface area contributed by atoms with E-state index in [1.54, 1.807) is 4.68 Å². The van der Waals surface area contributed by atoms with E-state index < -0.39 is 0 Å². The summed E-state index contributed by atoms with van der Waals surface area (Å²) in [6.07, 6.45) is 4.95. The Morgan fingerprint density at radius 3 is 2.00 bits per heavy atom. The summed E-state index contributed by atoms with van der Waals surface area (Å²) in [5.41, 5.74) is 5.16. The molecule has 0 atom stereocenters. The van der Waals surface area contributed by atoms with Crippen LogP contribution in [0.2, 0.25) is 0 Å². The number of carbonyl (C=O) groups excluding carboxylic acids is 1. The molecule has 0 aliphatic heterocycles. The number of aryl methyl sites for hydroxylation is 1. The van der Waals surface area contributed by atoms with Gasteiger partial charge in [0.15, 0.2) is 0 Å². The predicted molar refractivity (Wildman–Crippen MR) is 88.9 cm³/mol. The smallest absolute Gasteiger partial charge is 0.130 e. The quantitative estimate of drug-likeness (QED) is 0.694. The first-order chi connectivity index (χ1) is 11.2. The molecule has 0 N–H and O–H groups in total. The molecule has 1 aromatic heterocycles. The van der Waals surface area contributed by atoms with Gasteiger partial charge in [0, 0.05) is 12.6 Å². The van der Waals surface area contributed by atoms with E-state index in [1.165, 1.54) is 0 Å². The molecule has 2 aromatic carbocycles. The number of hydrogen-bond acceptors (Lipinski definition) is 3. The highest BCUT2D eigenvalue weighted by atomic mass is 16.1. The Labute approximate surface area is 134 Å². The normalized spacial score (nSPS) is 15.3. The first-order valence-electron chi connectivity index (χ1n) is 7.74. The van der Waals surface area contributed by atoms with Gasteiger partial charge in [-0.3, -0.25) is 4.68 Å². The van der Waals surface area contributed by atoms with Crippen LogP contribution in [0.4, 0.5) is 0 Å². The van der Waals surface area contributed by atoms with Crippen LogP contribution >= 0.6 is 0 Å². The number of carbonyl (C=O) groups is 1. The van der Waals surface area contributed by atoms with Gasteiger partial charge in [0.2, 0.25) is 0 Å². The number of nitrogens with zero attached hydrogens (tertiary/aromatic N) is 3. The highest BCUT2D eigenvalue weighted by molar-refractivity contribution is 5.74. The minimum absolute atomic E-state index is 0.200. The lowest BCUT2D eigenvalue weighted by Gasteiger charge is -2.09. The Morgan fingerprint density at radius 1 is 0.957 bits per heavy atom. The minimum Gasteiger partial charge on any atom is -0.302 e. The molecule has 0 spiro atoms. The van der Waals surface area contributed by atoms with Gasteiger partial charge >= 0.3 is 0 Å². The molecule has 0 amide bonds.